The zero-order valence-electron chi connectivity index (χ0n) is 26.9. The van der Waals surface area contributed by atoms with E-state index in [1.165, 1.54) is 16.9 Å². The van der Waals surface area contributed by atoms with Crippen LogP contribution in [-0.4, -0.2) is 85.1 Å². The molecule has 0 aliphatic carbocycles. The predicted molar refractivity (Wildman–Crippen MR) is 167 cm³/mol. The van der Waals surface area contributed by atoms with Gasteiger partial charge >= 0.3 is 18.2 Å². The van der Waals surface area contributed by atoms with E-state index in [2.05, 4.69) is 16.7 Å². The van der Waals surface area contributed by atoms with Gasteiger partial charge in [0.15, 0.2) is 0 Å². The number of amides is 2. The molecule has 0 spiro atoms. The van der Waals surface area contributed by atoms with Crippen molar-refractivity contribution in [1.29, 1.82) is 5.26 Å². The third-order valence-corrected chi connectivity index (χ3v) is 6.68. The zero-order chi connectivity index (χ0) is 32.7. The number of carbonyl (C=O) groups is 3. The van der Waals surface area contributed by atoms with Crippen LogP contribution in [0.2, 0.25) is 0 Å². The van der Waals surface area contributed by atoms with Gasteiger partial charge < -0.3 is 24.8 Å². The van der Waals surface area contributed by atoms with Crippen molar-refractivity contribution in [3.05, 3.63) is 42.0 Å². The van der Waals surface area contributed by atoms with Gasteiger partial charge in [-0.25, -0.2) is 19.4 Å². The smallest absolute Gasteiger partial charge is 0.416 e. The van der Waals surface area contributed by atoms with E-state index < -0.39 is 41.4 Å². The normalized spacial score (nSPS) is 16.6. The maximum Gasteiger partial charge on any atom is 0.416 e. The standard InChI is InChI=1S/C32H44N6O6/c1-31(2,3)43-29(40)37-20-22(18-25(37)28(39)42-8)38(30(41)44-32(4,5)6)26-15-10-14-24(36-26)23-13-9-12-21(19-33)27(23)35-17-11-16-34-7/h9-10,12-15,22,25,34-35H,11,16-18,20H2,1-8H3/t22-,25-/m0/s1. The summed E-state index contributed by atoms with van der Waals surface area (Å²) in [6.07, 6.45) is -0.451. The number of aromatic nitrogens is 1. The van der Waals surface area contributed by atoms with Crippen LogP contribution in [0.25, 0.3) is 11.3 Å². The zero-order valence-corrected chi connectivity index (χ0v) is 26.9. The van der Waals surface area contributed by atoms with E-state index in [1.54, 1.807) is 71.9 Å². The number of nitrogens with one attached hydrogen (secondary N) is 2. The largest absolute Gasteiger partial charge is 0.467 e. The summed E-state index contributed by atoms with van der Waals surface area (Å²) in [5.74, 6) is -0.355. The summed E-state index contributed by atoms with van der Waals surface area (Å²) in [6, 6.07) is 11.2. The lowest BCUT2D eigenvalue weighted by molar-refractivity contribution is -0.145. The van der Waals surface area contributed by atoms with Gasteiger partial charge in [0, 0.05) is 25.1 Å². The number of hydrogen-bond donors (Lipinski definition) is 2. The number of likely N-dealkylation sites (tertiary alicyclic amines) is 1. The lowest BCUT2D eigenvalue weighted by Crippen LogP contribution is -2.46. The Hall–Kier alpha value is -4.37. The van der Waals surface area contributed by atoms with Gasteiger partial charge in [0.2, 0.25) is 0 Å². The highest BCUT2D eigenvalue weighted by Gasteiger charge is 2.46. The number of rotatable bonds is 9. The highest BCUT2D eigenvalue weighted by molar-refractivity contribution is 5.90. The molecule has 1 aromatic carbocycles. The maximum atomic E-state index is 13.8. The van der Waals surface area contributed by atoms with Gasteiger partial charge in [-0.2, -0.15) is 5.26 Å². The average Bonchev–Trinajstić information content (AvgIpc) is 3.38. The van der Waals surface area contributed by atoms with Gasteiger partial charge in [-0.3, -0.25) is 9.80 Å². The van der Waals surface area contributed by atoms with Crippen LogP contribution in [0.5, 0.6) is 0 Å². The van der Waals surface area contributed by atoms with Crippen LogP contribution in [0.1, 0.15) is 59.9 Å². The predicted octanol–water partition coefficient (Wildman–Crippen LogP) is 4.93. The molecule has 1 fully saturated rings. The molecule has 3 rings (SSSR count). The summed E-state index contributed by atoms with van der Waals surface area (Å²) >= 11 is 0. The molecule has 1 aliphatic heterocycles. The quantitative estimate of drug-likeness (QED) is 0.228. The molecule has 1 aromatic heterocycles. The van der Waals surface area contributed by atoms with Crippen molar-refractivity contribution in [2.45, 2.75) is 77.7 Å². The Balaban J connectivity index is 2.07. The van der Waals surface area contributed by atoms with Gasteiger partial charge in [0.05, 0.1) is 30.1 Å². The lowest BCUT2D eigenvalue weighted by atomic mass is 10.0. The summed E-state index contributed by atoms with van der Waals surface area (Å²) in [7, 11) is 3.13. The van der Waals surface area contributed by atoms with Gasteiger partial charge in [-0.15, -0.1) is 0 Å². The number of benzene rings is 1. The third kappa shape index (κ3) is 8.83. The van der Waals surface area contributed by atoms with E-state index in [0.717, 1.165) is 13.0 Å². The van der Waals surface area contributed by atoms with Gasteiger partial charge in [0.1, 0.15) is 29.1 Å². The van der Waals surface area contributed by atoms with Gasteiger partial charge in [-0.1, -0.05) is 18.2 Å². The van der Waals surface area contributed by atoms with E-state index in [-0.39, 0.29) is 18.8 Å². The molecule has 2 atom stereocenters. The average molecular weight is 609 g/mol. The summed E-state index contributed by atoms with van der Waals surface area (Å²) in [5, 5.41) is 16.3. The number of nitriles is 1. The fourth-order valence-corrected chi connectivity index (χ4v) is 4.86. The number of para-hydroxylation sites is 1. The van der Waals surface area contributed by atoms with Crippen molar-refractivity contribution in [3.63, 3.8) is 0 Å². The molecule has 2 heterocycles. The number of anilines is 2. The highest BCUT2D eigenvalue weighted by atomic mass is 16.6. The van der Waals surface area contributed by atoms with Crippen molar-refractivity contribution in [2.75, 3.05) is 44.0 Å². The molecule has 0 bridgehead atoms. The van der Waals surface area contributed by atoms with Crippen LogP contribution in [0.3, 0.4) is 0 Å². The van der Waals surface area contributed by atoms with E-state index in [4.69, 9.17) is 19.2 Å². The molecule has 0 unspecified atom stereocenters. The summed E-state index contributed by atoms with van der Waals surface area (Å²) < 4.78 is 16.4. The molecule has 12 nitrogen and oxygen atoms in total. The Labute approximate surface area is 259 Å². The van der Waals surface area contributed by atoms with E-state index >= 15 is 0 Å². The number of esters is 1. The molecule has 2 aromatic rings. The lowest BCUT2D eigenvalue weighted by Gasteiger charge is -2.31. The minimum Gasteiger partial charge on any atom is -0.467 e. The Morgan fingerprint density at radius 2 is 1.73 bits per heavy atom. The van der Waals surface area contributed by atoms with Crippen LogP contribution in [0.15, 0.2) is 36.4 Å². The number of methoxy groups -OCH3 is 1. The van der Waals surface area contributed by atoms with E-state index in [9.17, 15) is 19.6 Å². The van der Waals surface area contributed by atoms with E-state index in [1.807, 2.05) is 13.1 Å². The monoisotopic (exact) mass is 608 g/mol. The van der Waals surface area contributed by atoms with Gasteiger partial charge in [-0.05, 0) is 79.8 Å². The summed E-state index contributed by atoms with van der Waals surface area (Å²) in [6.45, 7) is 11.9. The van der Waals surface area contributed by atoms with Crippen LogP contribution in [-0.2, 0) is 19.0 Å². The Morgan fingerprint density at radius 1 is 1.05 bits per heavy atom. The SMILES string of the molecule is CNCCCNc1c(C#N)cccc1-c1cccc(N(C(=O)OC(C)(C)C)[C@H]2C[C@@H](C(=O)OC)N(C(=O)OC(C)(C)C)C2)n1. The number of carbonyl (C=O) groups excluding carboxylic acids is 3. The molecule has 2 amide bonds. The second kappa shape index (κ2) is 14.4. The minimum atomic E-state index is -0.978. The first kappa shape index (κ1) is 34.1. The molecule has 0 saturated carbocycles. The molecule has 12 heteroatoms. The second-order valence-electron chi connectivity index (χ2n) is 12.5. The molecular formula is C32H44N6O6. The van der Waals surface area contributed by atoms with E-state index in [0.29, 0.717) is 29.1 Å². The molecule has 238 valence electrons. The number of nitrogens with zero attached hydrogens (tertiary/aromatic N) is 4. The topological polar surface area (TPSA) is 146 Å². The Morgan fingerprint density at radius 3 is 2.34 bits per heavy atom. The van der Waals surface area contributed by atoms with Crippen molar-refractivity contribution < 1.29 is 28.6 Å². The molecule has 0 radical (unpaired) electrons. The first-order valence-corrected chi connectivity index (χ1v) is 14.7. The van der Waals surface area contributed by atoms with Crippen LogP contribution < -0.4 is 15.5 Å². The first-order valence-electron chi connectivity index (χ1n) is 14.7. The summed E-state index contributed by atoms with van der Waals surface area (Å²) in [5.41, 5.74) is 0.691. The van der Waals surface area contributed by atoms with Crippen molar-refractivity contribution in [2.24, 2.45) is 0 Å². The van der Waals surface area contributed by atoms with Crippen LogP contribution in [0.4, 0.5) is 21.1 Å². The fraction of sp³-hybridized carbons (Fsp3) is 0.531. The van der Waals surface area contributed by atoms with Crippen molar-refractivity contribution in [3.8, 4) is 17.3 Å². The van der Waals surface area contributed by atoms with Crippen molar-refractivity contribution >= 4 is 29.7 Å². The summed E-state index contributed by atoms with van der Waals surface area (Å²) in [4.78, 5) is 47.3. The van der Waals surface area contributed by atoms with Crippen LogP contribution >= 0.6 is 0 Å². The molecule has 1 saturated heterocycles. The second-order valence-corrected chi connectivity index (χ2v) is 12.5. The third-order valence-electron chi connectivity index (χ3n) is 6.68. The highest BCUT2D eigenvalue weighted by Crippen LogP contribution is 2.34. The fourth-order valence-electron chi connectivity index (χ4n) is 4.86. The Bertz CT molecular complexity index is 1380. The number of pyridine rings is 1. The minimum absolute atomic E-state index is 0.0119. The first-order chi connectivity index (χ1) is 20.7. The van der Waals surface area contributed by atoms with Crippen molar-refractivity contribution in [1.82, 2.24) is 15.2 Å². The maximum absolute atomic E-state index is 13.8. The number of hydrogen-bond acceptors (Lipinski definition) is 10. The van der Waals surface area contributed by atoms with Gasteiger partial charge in [0.25, 0.3) is 0 Å². The number of ether oxygens (including phenoxy) is 3. The van der Waals surface area contributed by atoms with Crippen LogP contribution in [0, 0.1) is 11.3 Å². The molecule has 2 N–H and O–H groups in total. The molecular weight excluding hydrogens is 564 g/mol. The molecule has 1 aliphatic rings. The molecule has 44 heavy (non-hydrogen) atoms. The Kier molecular flexibility index (Phi) is 11.2.